The van der Waals surface area contributed by atoms with Crippen LogP contribution >= 0.6 is 0 Å². The van der Waals surface area contributed by atoms with Crippen LogP contribution in [-0.4, -0.2) is 51.1 Å². The minimum Gasteiger partial charge on any atom is -0.457 e. The second-order valence-electron chi connectivity index (χ2n) is 6.83. The van der Waals surface area contributed by atoms with E-state index in [0.29, 0.717) is 22.9 Å². The van der Waals surface area contributed by atoms with Gasteiger partial charge in [0.05, 0.1) is 24.9 Å². The predicted molar refractivity (Wildman–Crippen MR) is 110 cm³/mol. The summed E-state index contributed by atoms with van der Waals surface area (Å²) >= 11 is 0. The van der Waals surface area contributed by atoms with Crippen LogP contribution in [0.4, 0.5) is 0 Å². The quantitative estimate of drug-likeness (QED) is 0.440. The molecule has 2 aromatic carbocycles. The van der Waals surface area contributed by atoms with Crippen molar-refractivity contribution in [2.75, 3.05) is 20.3 Å². The third-order valence-electron chi connectivity index (χ3n) is 4.90. The summed E-state index contributed by atoms with van der Waals surface area (Å²) < 4.78 is 5.85. The lowest BCUT2D eigenvalue weighted by Gasteiger charge is -2.31. The molecule has 1 unspecified atom stereocenters. The number of aliphatic hydroxyl groups excluding tert-OH is 3. The minimum absolute atomic E-state index is 0.180. The number of benzene rings is 2. The Morgan fingerprint density at radius 2 is 1.48 bits per heavy atom. The molecule has 0 saturated heterocycles. The molecule has 0 aliphatic carbocycles. The Hall–Kier alpha value is -2.84. The van der Waals surface area contributed by atoms with Gasteiger partial charge in [-0.25, -0.2) is 9.97 Å². The maximum absolute atomic E-state index is 10.5. The Labute approximate surface area is 169 Å². The van der Waals surface area contributed by atoms with Crippen molar-refractivity contribution in [1.29, 1.82) is 0 Å². The first-order chi connectivity index (χ1) is 14.1. The highest BCUT2D eigenvalue weighted by Crippen LogP contribution is 2.28. The van der Waals surface area contributed by atoms with Crippen molar-refractivity contribution in [3.8, 4) is 22.9 Å². The first-order valence-electron chi connectivity index (χ1n) is 9.33. The van der Waals surface area contributed by atoms with Crippen molar-refractivity contribution in [3.63, 3.8) is 0 Å². The van der Waals surface area contributed by atoms with Crippen molar-refractivity contribution in [3.05, 3.63) is 72.6 Å². The van der Waals surface area contributed by atoms with Gasteiger partial charge in [-0.1, -0.05) is 12.1 Å². The van der Waals surface area contributed by atoms with Gasteiger partial charge >= 0.3 is 0 Å². The van der Waals surface area contributed by atoms with Crippen molar-refractivity contribution in [2.45, 2.75) is 18.1 Å². The normalized spacial score (nSPS) is 12.6. The van der Waals surface area contributed by atoms with E-state index in [0.717, 1.165) is 5.56 Å². The van der Waals surface area contributed by atoms with Gasteiger partial charge in [0, 0.05) is 24.4 Å². The van der Waals surface area contributed by atoms with Crippen molar-refractivity contribution in [1.82, 2.24) is 15.3 Å². The average molecular weight is 395 g/mol. The van der Waals surface area contributed by atoms with Gasteiger partial charge in [0.2, 0.25) is 0 Å². The summed E-state index contributed by atoms with van der Waals surface area (Å²) in [5, 5.41) is 32.4. The summed E-state index contributed by atoms with van der Waals surface area (Å²) in [6.45, 7) is -0.551. The van der Waals surface area contributed by atoms with Gasteiger partial charge in [-0.3, -0.25) is 0 Å². The fourth-order valence-corrected chi connectivity index (χ4v) is 2.94. The SMILES string of the molecule is CNC(CO)(CO)CC(O)c1ccc(Oc2ccc(-c3ncccn3)cc2)cc1. The molecule has 1 heterocycles. The Morgan fingerprint density at radius 3 is 2.00 bits per heavy atom. The zero-order valence-corrected chi connectivity index (χ0v) is 16.2. The van der Waals surface area contributed by atoms with Crippen LogP contribution in [0.15, 0.2) is 67.0 Å². The number of aliphatic hydroxyl groups is 3. The molecule has 152 valence electrons. The molecule has 3 aromatic rings. The maximum atomic E-state index is 10.5. The van der Waals surface area contributed by atoms with E-state index in [4.69, 9.17) is 4.74 Å². The summed E-state index contributed by atoms with van der Waals surface area (Å²) in [6, 6.07) is 16.3. The van der Waals surface area contributed by atoms with E-state index in [1.54, 1.807) is 49.8 Å². The smallest absolute Gasteiger partial charge is 0.159 e. The molecule has 7 heteroatoms. The molecule has 29 heavy (non-hydrogen) atoms. The molecule has 0 fully saturated rings. The molecule has 1 atom stereocenters. The molecule has 0 amide bonds. The Bertz CT molecular complexity index is 874. The van der Waals surface area contributed by atoms with Crippen LogP contribution in [0.1, 0.15) is 18.1 Å². The second kappa shape index (κ2) is 9.58. The molecule has 0 spiro atoms. The molecule has 0 aliphatic heterocycles. The highest BCUT2D eigenvalue weighted by Gasteiger charge is 2.30. The number of hydrogen-bond donors (Lipinski definition) is 4. The third-order valence-corrected chi connectivity index (χ3v) is 4.90. The van der Waals surface area contributed by atoms with Gasteiger partial charge in [-0.05, 0) is 55.1 Å². The van der Waals surface area contributed by atoms with Gasteiger partial charge in [0.1, 0.15) is 11.5 Å². The second-order valence-corrected chi connectivity index (χ2v) is 6.83. The summed E-state index contributed by atoms with van der Waals surface area (Å²) in [6.07, 6.45) is 2.75. The number of hydrogen-bond acceptors (Lipinski definition) is 7. The van der Waals surface area contributed by atoms with Gasteiger partial charge in [-0.15, -0.1) is 0 Å². The highest BCUT2D eigenvalue weighted by molar-refractivity contribution is 5.56. The van der Waals surface area contributed by atoms with Crippen LogP contribution < -0.4 is 10.1 Å². The van der Waals surface area contributed by atoms with Crippen LogP contribution in [0.3, 0.4) is 0 Å². The van der Waals surface area contributed by atoms with Gasteiger partial charge in [0.25, 0.3) is 0 Å². The number of nitrogens with zero attached hydrogens (tertiary/aromatic N) is 2. The zero-order chi connectivity index (χ0) is 20.7. The lowest BCUT2D eigenvalue weighted by molar-refractivity contribution is 0.0435. The zero-order valence-electron chi connectivity index (χ0n) is 16.2. The summed E-state index contributed by atoms with van der Waals surface area (Å²) in [5.41, 5.74) is 0.645. The fourth-order valence-electron chi connectivity index (χ4n) is 2.94. The molecule has 7 nitrogen and oxygen atoms in total. The van der Waals surface area contributed by atoms with E-state index in [2.05, 4.69) is 15.3 Å². The summed E-state index contributed by atoms with van der Waals surface area (Å²) in [4.78, 5) is 8.44. The van der Waals surface area contributed by atoms with E-state index < -0.39 is 11.6 Å². The fraction of sp³-hybridized carbons (Fsp3) is 0.273. The van der Waals surface area contributed by atoms with Gasteiger partial charge in [-0.2, -0.15) is 0 Å². The van der Waals surface area contributed by atoms with Crippen LogP contribution in [0.5, 0.6) is 11.5 Å². The minimum atomic E-state index is -0.932. The van der Waals surface area contributed by atoms with Crippen molar-refractivity contribution >= 4 is 0 Å². The maximum Gasteiger partial charge on any atom is 0.159 e. The van der Waals surface area contributed by atoms with Gasteiger partial charge < -0.3 is 25.4 Å². The van der Waals surface area contributed by atoms with E-state index in [1.165, 1.54) is 0 Å². The largest absolute Gasteiger partial charge is 0.457 e. The van der Waals surface area contributed by atoms with Crippen molar-refractivity contribution in [2.24, 2.45) is 0 Å². The number of rotatable bonds is 9. The van der Waals surface area contributed by atoms with Gasteiger partial charge in [0.15, 0.2) is 5.82 Å². The van der Waals surface area contributed by atoms with E-state index in [9.17, 15) is 15.3 Å². The lowest BCUT2D eigenvalue weighted by Crippen LogP contribution is -2.50. The Morgan fingerprint density at radius 1 is 0.931 bits per heavy atom. The first-order valence-corrected chi connectivity index (χ1v) is 9.33. The molecular weight excluding hydrogens is 370 g/mol. The molecule has 0 saturated carbocycles. The van der Waals surface area contributed by atoms with Crippen molar-refractivity contribution < 1.29 is 20.1 Å². The standard InChI is InChI=1S/C22H25N3O4/c1-23-22(14-26,15-27)13-20(28)16-3-7-18(8-4-16)29-19-9-5-17(6-10-19)21-24-11-2-12-25-21/h2-12,20,23,26-28H,13-15H2,1H3. The average Bonchev–Trinajstić information content (AvgIpc) is 2.79. The number of aromatic nitrogens is 2. The topological polar surface area (TPSA) is 108 Å². The van der Waals surface area contributed by atoms with E-state index in [1.807, 2.05) is 24.3 Å². The molecule has 0 radical (unpaired) electrons. The van der Waals surface area contributed by atoms with E-state index >= 15 is 0 Å². The van der Waals surface area contributed by atoms with Crippen LogP contribution in [0.25, 0.3) is 11.4 Å². The third kappa shape index (κ3) is 5.16. The Kier molecular flexibility index (Phi) is 6.90. The highest BCUT2D eigenvalue weighted by atomic mass is 16.5. The Balaban J connectivity index is 1.64. The monoisotopic (exact) mass is 395 g/mol. The molecule has 3 rings (SSSR count). The number of likely N-dealkylation sites (N-methyl/N-ethyl adjacent to an activating group) is 1. The predicted octanol–water partition coefficient (Wildman–Crippen LogP) is 2.30. The van der Waals surface area contributed by atoms with Crippen LogP contribution in [0, 0.1) is 0 Å². The number of ether oxygens (including phenoxy) is 1. The molecule has 0 bridgehead atoms. The summed E-state index contributed by atoms with van der Waals surface area (Å²) in [5.74, 6) is 1.96. The summed E-state index contributed by atoms with van der Waals surface area (Å²) in [7, 11) is 1.64. The van der Waals surface area contributed by atoms with E-state index in [-0.39, 0.29) is 19.6 Å². The molecule has 4 N–H and O–H groups in total. The molecule has 0 aliphatic rings. The van der Waals surface area contributed by atoms with Crippen LogP contribution in [-0.2, 0) is 0 Å². The first kappa shape index (κ1) is 20.9. The molecule has 1 aromatic heterocycles. The van der Waals surface area contributed by atoms with Crippen LogP contribution in [0.2, 0.25) is 0 Å². The number of nitrogens with one attached hydrogen (secondary N) is 1. The lowest BCUT2D eigenvalue weighted by atomic mass is 9.91. The molecular formula is C22H25N3O4.